The molecule has 0 aliphatic carbocycles. The van der Waals surface area contributed by atoms with Gasteiger partial charge >= 0.3 is 0 Å². The largest absolute Gasteiger partial charge is 0.494 e. The molecule has 0 spiro atoms. The van der Waals surface area contributed by atoms with E-state index in [4.69, 9.17) is 9.47 Å². The average Bonchev–Trinajstić information content (AvgIpc) is 3.12. The van der Waals surface area contributed by atoms with Crippen molar-refractivity contribution >= 4 is 35.8 Å². The van der Waals surface area contributed by atoms with Crippen molar-refractivity contribution < 1.29 is 18.7 Å². The van der Waals surface area contributed by atoms with E-state index >= 15 is 0 Å². The lowest BCUT2D eigenvalue weighted by Gasteiger charge is -2.16. The SMILES string of the molecule is CCOc1cc2c(cc1CNC(=NC)NCCNC(=O)Cc1cccc(F)c1)OC(C)C2.I. The van der Waals surface area contributed by atoms with E-state index < -0.39 is 0 Å². The van der Waals surface area contributed by atoms with E-state index in [9.17, 15) is 9.18 Å². The Morgan fingerprint density at radius 2 is 2.00 bits per heavy atom. The van der Waals surface area contributed by atoms with Crippen molar-refractivity contribution in [3.63, 3.8) is 0 Å². The number of rotatable bonds is 9. The van der Waals surface area contributed by atoms with Crippen molar-refractivity contribution in [1.82, 2.24) is 16.0 Å². The molecule has 33 heavy (non-hydrogen) atoms. The summed E-state index contributed by atoms with van der Waals surface area (Å²) in [5, 5.41) is 9.26. The predicted octanol–water partition coefficient (Wildman–Crippen LogP) is 3.19. The van der Waals surface area contributed by atoms with Crippen molar-refractivity contribution in [2.24, 2.45) is 4.99 Å². The van der Waals surface area contributed by atoms with Crippen LogP contribution in [0.4, 0.5) is 4.39 Å². The van der Waals surface area contributed by atoms with E-state index in [2.05, 4.69) is 33.9 Å². The van der Waals surface area contributed by atoms with Crippen molar-refractivity contribution in [3.8, 4) is 11.5 Å². The number of carbonyl (C=O) groups is 1. The third-order valence-corrected chi connectivity index (χ3v) is 5.04. The molecule has 1 amide bonds. The smallest absolute Gasteiger partial charge is 0.224 e. The molecule has 0 fully saturated rings. The highest BCUT2D eigenvalue weighted by molar-refractivity contribution is 14.0. The Morgan fingerprint density at radius 1 is 1.21 bits per heavy atom. The maximum atomic E-state index is 13.2. The lowest BCUT2D eigenvalue weighted by molar-refractivity contribution is -0.120. The zero-order valence-electron chi connectivity index (χ0n) is 19.2. The molecular formula is C24H32FIN4O3. The first-order valence-electron chi connectivity index (χ1n) is 10.9. The van der Waals surface area contributed by atoms with Crippen molar-refractivity contribution in [3.05, 3.63) is 58.9 Å². The number of nitrogens with zero attached hydrogens (tertiary/aromatic N) is 1. The fourth-order valence-electron chi connectivity index (χ4n) is 3.59. The Kier molecular flexibility index (Phi) is 10.7. The topological polar surface area (TPSA) is 84.0 Å². The van der Waals surface area contributed by atoms with Crippen LogP contribution < -0.4 is 25.4 Å². The second kappa shape index (κ2) is 13.2. The summed E-state index contributed by atoms with van der Waals surface area (Å²) in [6.07, 6.45) is 1.20. The van der Waals surface area contributed by atoms with Crippen molar-refractivity contribution in [2.45, 2.75) is 39.3 Å². The summed E-state index contributed by atoms with van der Waals surface area (Å²) in [6, 6.07) is 10.1. The molecule has 0 saturated carbocycles. The van der Waals surface area contributed by atoms with Gasteiger partial charge in [0.2, 0.25) is 5.91 Å². The first kappa shape index (κ1) is 26.7. The van der Waals surface area contributed by atoms with Crippen LogP contribution in [0.25, 0.3) is 0 Å². The molecule has 3 rings (SSSR count). The third-order valence-electron chi connectivity index (χ3n) is 5.04. The summed E-state index contributed by atoms with van der Waals surface area (Å²) >= 11 is 0. The summed E-state index contributed by atoms with van der Waals surface area (Å²) in [4.78, 5) is 16.3. The molecule has 1 atom stereocenters. The van der Waals surface area contributed by atoms with Crippen LogP contribution in [-0.2, 0) is 24.2 Å². The van der Waals surface area contributed by atoms with Crippen LogP contribution in [0.5, 0.6) is 11.5 Å². The average molecular weight is 570 g/mol. The van der Waals surface area contributed by atoms with Gasteiger partial charge in [0.15, 0.2) is 5.96 Å². The molecule has 2 aromatic rings. The molecule has 1 unspecified atom stereocenters. The Labute approximate surface area is 211 Å². The van der Waals surface area contributed by atoms with Gasteiger partial charge in [-0.15, -0.1) is 24.0 Å². The number of hydrogen-bond acceptors (Lipinski definition) is 4. The number of nitrogens with one attached hydrogen (secondary N) is 3. The lowest BCUT2D eigenvalue weighted by Crippen LogP contribution is -2.41. The standard InChI is InChI=1S/C24H31FN4O3.HI/c1-4-31-21-13-18-10-16(2)32-22(18)14-19(21)15-29-24(26-3)28-9-8-27-23(30)12-17-6-5-7-20(25)11-17;/h5-7,11,13-14,16H,4,8-10,12,15H2,1-3H3,(H,27,30)(H2,26,28,29);1H. The van der Waals surface area contributed by atoms with E-state index in [1.807, 2.05) is 13.0 Å². The summed E-state index contributed by atoms with van der Waals surface area (Å²) in [7, 11) is 1.69. The molecule has 1 aliphatic heterocycles. The lowest BCUT2D eigenvalue weighted by atomic mass is 10.1. The molecular weight excluding hydrogens is 538 g/mol. The molecule has 180 valence electrons. The van der Waals surface area contributed by atoms with Crippen LogP contribution in [0.1, 0.15) is 30.5 Å². The summed E-state index contributed by atoms with van der Waals surface area (Å²) in [5.74, 6) is 1.86. The Morgan fingerprint density at radius 3 is 2.73 bits per heavy atom. The van der Waals surface area contributed by atoms with Gasteiger partial charge < -0.3 is 25.4 Å². The van der Waals surface area contributed by atoms with E-state index in [1.165, 1.54) is 17.7 Å². The number of halogens is 2. The van der Waals surface area contributed by atoms with Gasteiger partial charge in [0.05, 0.1) is 13.0 Å². The van der Waals surface area contributed by atoms with Crippen LogP contribution in [-0.4, -0.2) is 44.7 Å². The highest BCUT2D eigenvalue weighted by Crippen LogP contribution is 2.35. The molecule has 0 aromatic heterocycles. The van der Waals surface area contributed by atoms with Crippen LogP contribution in [0.2, 0.25) is 0 Å². The van der Waals surface area contributed by atoms with E-state index in [-0.39, 0.29) is 48.2 Å². The number of hydrogen-bond donors (Lipinski definition) is 3. The number of benzene rings is 2. The van der Waals surface area contributed by atoms with Crippen LogP contribution >= 0.6 is 24.0 Å². The van der Waals surface area contributed by atoms with Gasteiger partial charge in [-0.3, -0.25) is 9.79 Å². The first-order chi connectivity index (χ1) is 15.5. The van der Waals surface area contributed by atoms with Gasteiger partial charge in [0.1, 0.15) is 23.4 Å². The number of aliphatic imine (C=N–C) groups is 1. The first-order valence-corrected chi connectivity index (χ1v) is 10.9. The Balaban J connectivity index is 0.00000385. The van der Waals surface area contributed by atoms with Gasteiger partial charge in [-0.25, -0.2) is 4.39 Å². The molecule has 0 saturated heterocycles. The number of amides is 1. The van der Waals surface area contributed by atoms with E-state index in [0.717, 1.165) is 23.5 Å². The quantitative estimate of drug-likeness (QED) is 0.187. The molecule has 1 aliphatic rings. The molecule has 0 radical (unpaired) electrons. The Bertz CT molecular complexity index is 971. The maximum absolute atomic E-state index is 13.2. The molecule has 3 N–H and O–H groups in total. The molecule has 9 heteroatoms. The minimum atomic E-state index is -0.344. The normalized spacial score (nSPS) is 14.5. The Hall–Kier alpha value is -2.56. The van der Waals surface area contributed by atoms with Gasteiger partial charge in [0.25, 0.3) is 0 Å². The minimum absolute atomic E-state index is 0. The highest BCUT2D eigenvalue weighted by Gasteiger charge is 2.21. The summed E-state index contributed by atoms with van der Waals surface area (Å²) in [5.41, 5.74) is 2.80. The number of carbonyl (C=O) groups excluding carboxylic acids is 1. The van der Waals surface area contributed by atoms with Gasteiger partial charge in [0, 0.05) is 44.2 Å². The predicted molar refractivity (Wildman–Crippen MR) is 138 cm³/mol. The van der Waals surface area contributed by atoms with Crippen LogP contribution in [0.3, 0.4) is 0 Å². The maximum Gasteiger partial charge on any atom is 0.224 e. The van der Waals surface area contributed by atoms with Crippen LogP contribution in [0.15, 0.2) is 41.4 Å². The van der Waals surface area contributed by atoms with E-state index in [1.54, 1.807) is 19.2 Å². The third kappa shape index (κ3) is 8.06. The molecule has 1 heterocycles. The second-order valence-electron chi connectivity index (χ2n) is 7.64. The summed E-state index contributed by atoms with van der Waals surface area (Å²) in [6.45, 7) is 6.05. The fourth-order valence-corrected chi connectivity index (χ4v) is 3.59. The molecule has 7 nitrogen and oxygen atoms in total. The number of fused-ring (bicyclic) bond motifs is 1. The zero-order chi connectivity index (χ0) is 22.9. The molecule has 2 aromatic carbocycles. The number of guanidine groups is 1. The zero-order valence-corrected chi connectivity index (χ0v) is 21.6. The highest BCUT2D eigenvalue weighted by atomic mass is 127. The number of ether oxygens (including phenoxy) is 2. The summed E-state index contributed by atoms with van der Waals surface area (Å²) < 4.78 is 24.9. The van der Waals surface area contributed by atoms with Crippen molar-refractivity contribution in [1.29, 1.82) is 0 Å². The van der Waals surface area contributed by atoms with Crippen LogP contribution in [0, 0.1) is 5.82 Å². The molecule has 0 bridgehead atoms. The van der Waals surface area contributed by atoms with Gasteiger partial charge in [-0.2, -0.15) is 0 Å². The van der Waals surface area contributed by atoms with Gasteiger partial charge in [-0.05, 0) is 43.7 Å². The monoisotopic (exact) mass is 570 g/mol. The van der Waals surface area contributed by atoms with Crippen molar-refractivity contribution in [2.75, 3.05) is 26.7 Å². The van der Waals surface area contributed by atoms with Gasteiger partial charge in [-0.1, -0.05) is 12.1 Å². The van der Waals surface area contributed by atoms with E-state index in [0.29, 0.717) is 37.8 Å². The fraction of sp³-hybridized carbons (Fsp3) is 0.417. The second-order valence-corrected chi connectivity index (χ2v) is 7.64. The minimum Gasteiger partial charge on any atom is -0.494 e.